The van der Waals surface area contributed by atoms with Gasteiger partial charge in [-0.3, -0.25) is 4.79 Å². The molecule has 0 radical (unpaired) electrons. The fourth-order valence-electron chi connectivity index (χ4n) is 1.25. The summed E-state index contributed by atoms with van der Waals surface area (Å²) in [7, 11) is 1.52. The van der Waals surface area contributed by atoms with Crippen molar-refractivity contribution in [3.8, 4) is 0 Å². The lowest BCUT2D eigenvalue weighted by molar-refractivity contribution is -0.148. The molecule has 1 unspecified atom stereocenters. The molecular weight excluding hydrogens is 208 g/mol. The van der Waals surface area contributed by atoms with Gasteiger partial charge in [-0.05, 0) is 27.2 Å². The number of carboxylic acid groups (broad SMARTS) is 1. The molecule has 94 valence electrons. The monoisotopic (exact) mass is 230 g/mol. The van der Waals surface area contributed by atoms with E-state index in [0.717, 1.165) is 0 Å². The van der Waals surface area contributed by atoms with E-state index in [1.54, 1.807) is 6.92 Å². The van der Waals surface area contributed by atoms with Crippen molar-refractivity contribution in [2.75, 3.05) is 13.6 Å². The molecule has 0 aliphatic rings. The summed E-state index contributed by atoms with van der Waals surface area (Å²) >= 11 is 0. The van der Waals surface area contributed by atoms with Gasteiger partial charge < -0.3 is 15.3 Å². The third-order valence-electron chi connectivity index (χ3n) is 2.30. The Kier molecular flexibility index (Phi) is 5.44. The van der Waals surface area contributed by atoms with Crippen molar-refractivity contribution in [1.82, 2.24) is 10.2 Å². The first kappa shape index (κ1) is 14.9. The van der Waals surface area contributed by atoms with Crippen LogP contribution in [0.25, 0.3) is 0 Å². The number of hydrogen-bond acceptors (Lipinski definition) is 3. The van der Waals surface area contributed by atoms with Gasteiger partial charge in [-0.25, -0.2) is 4.79 Å². The predicted octanol–water partition coefficient (Wildman–Crippen LogP) is 0.696. The molecular formula is C11H22N2O3. The largest absolute Gasteiger partial charge is 0.480 e. The van der Waals surface area contributed by atoms with Crippen LogP contribution in [0.5, 0.6) is 0 Å². The van der Waals surface area contributed by atoms with Crippen LogP contribution in [0.4, 0.5) is 0 Å². The number of aliphatic carboxylic acids is 1. The van der Waals surface area contributed by atoms with Gasteiger partial charge in [-0.1, -0.05) is 6.92 Å². The molecule has 5 nitrogen and oxygen atoms in total. The Hall–Kier alpha value is -1.10. The van der Waals surface area contributed by atoms with Gasteiger partial charge in [0.2, 0.25) is 5.91 Å². The van der Waals surface area contributed by atoms with Crippen LogP contribution >= 0.6 is 0 Å². The van der Waals surface area contributed by atoms with Crippen LogP contribution in [0, 0.1) is 0 Å². The first-order valence-electron chi connectivity index (χ1n) is 5.42. The molecule has 0 heterocycles. The highest BCUT2D eigenvalue weighted by atomic mass is 16.4. The fraction of sp³-hybridized carbons (Fsp3) is 0.818. The smallest absolute Gasteiger partial charge is 0.326 e. The molecule has 0 rings (SSSR count). The highest BCUT2D eigenvalue weighted by Gasteiger charge is 2.25. The zero-order chi connectivity index (χ0) is 12.9. The fourth-order valence-corrected chi connectivity index (χ4v) is 1.25. The van der Waals surface area contributed by atoms with Gasteiger partial charge in [0.15, 0.2) is 0 Å². The molecule has 0 bridgehead atoms. The molecule has 0 saturated heterocycles. The average molecular weight is 230 g/mol. The normalized spacial score (nSPS) is 13.3. The van der Waals surface area contributed by atoms with E-state index in [2.05, 4.69) is 5.32 Å². The summed E-state index contributed by atoms with van der Waals surface area (Å²) in [6.07, 6.45) is 0.410. The molecule has 16 heavy (non-hydrogen) atoms. The number of carboxylic acids is 1. The van der Waals surface area contributed by atoms with Crippen LogP contribution in [0.15, 0.2) is 0 Å². The summed E-state index contributed by atoms with van der Waals surface area (Å²) in [5.74, 6) is -1.17. The van der Waals surface area contributed by atoms with Gasteiger partial charge >= 0.3 is 5.97 Å². The lowest BCUT2D eigenvalue weighted by Gasteiger charge is -2.26. The first-order valence-corrected chi connectivity index (χ1v) is 5.42. The van der Waals surface area contributed by atoms with Gasteiger partial charge in [0.05, 0.1) is 6.54 Å². The third-order valence-corrected chi connectivity index (χ3v) is 2.30. The lowest BCUT2D eigenvalue weighted by Crippen LogP contribution is -2.48. The van der Waals surface area contributed by atoms with Gasteiger partial charge in [0, 0.05) is 12.6 Å². The average Bonchev–Trinajstić information content (AvgIpc) is 2.13. The molecule has 0 aromatic carbocycles. The molecule has 0 aliphatic heterocycles. The Morgan fingerprint density at radius 1 is 1.38 bits per heavy atom. The number of hydrogen-bond donors (Lipinski definition) is 2. The minimum absolute atomic E-state index is 0.151. The van der Waals surface area contributed by atoms with Crippen molar-refractivity contribution < 1.29 is 14.7 Å². The maximum absolute atomic E-state index is 11.7. The molecule has 1 amide bonds. The summed E-state index contributed by atoms with van der Waals surface area (Å²) in [5.41, 5.74) is -0.151. The number of nitrogens with one attached hydrogen (secondary N) is 1. The van der Waals surface area contributed by atoms with Gasteiger partial charge in [-0.15, -0.1) is 0 Å². The van der Waals surface area contributed by atoms with E-state index in [0.29, 0.717) is 6.42 Å². The van der Waals surface area contributed by atoms with Crippen LogP contribution in [-0.2, 0) is 9.59 Å². The SMILES string of the molecule is CCC(C(=O)O)N(C)C(=O)CNC(C)(C)C. The summed E-state index contributed by atoms with van der Waals surface area (Å²) in [6.45, 7) is 7.77. The summed E-state index contributed by atoms with van der Waals surface area (Å²) in [6, 6.07) is -0.741. The van der Waals surface area contributed by atoms with Crippen molar-refractivity contribution in [3.05, 3.63) is 0 Å². The zero-order valence-corrected chi connectivity index (χ0v) is 10.7. The number of carbonyl (C=O) groups excluding carboxylic acids is 1. The van der Waals surface area contributed by atoms with Crippen LogP contribution in [-0.4, -0.2) is 47.1 Å². The Balaban J connectivity index is 4.32. The van der Waals surface area contributed by atoms with Gasteiger partial charge in [-0.2, -0.15) is 0 Å². The van der Waals surface area contributed by atoms with E-state index in [9.17, 15) is 9.59 Å². The number of nitrogens with zero attached hydrogens (tertiary/aromatic N) is 1. The van der Waals surface area contributed by atoms with E-state index in [4.69, 9.17) is 5.11 Å². The van der Waals surface area contributed by atoms with Gasteiger partial charge in [0.1, 0.15) is 6.04 Å². The minimum atomic E-state index is -0.964. The Morgan fingerprint density at radius 3 is 2.19 bits per heavy atom. The molecule has 0 saturated carbocycles. The summed E-state index contributed by atoms with van der Waals surface area (Å²) in [4.78, 5) is 23.8. The van der Waals surface area contributed by atoms with E-state index in [1.807, 2.05) is 20.8 Å². The topological polar surface area (TPSA) is 69.6 Å². The maximum Gasteiger partial charge on any atom is 0.326 e. The van der Waals surface area contributed by atoms with Crippen molar-refractivity contribution in [3.63, 3.8) is 0 Å². The van der Waals surface area contributed by atoms with E-state index in [1.165, 1.54) is 11.9 Å². The zero-order valence-electron chi connectivity index (χ0n) is 10.7. The highest BCUT2D eigenvalue weighted by molar-refractivity contribution is 5.84. The highest BCUT2D eigenvalue weighted by Crippen LogP contribution is 2.03. The summed E-state index contributed by atoms with van der Waals surface area (Å²) < 4.78 is 0. The minimum Gasteiger partial charge on any atom is -0.480 e. The van der Waals surface area contributed by atoms with Crippen molar-refractivity contribution in [2.24, 2.45) is 0 Å². The second-order valence-electron chi connectivity index (χ2n) is 4.87. The second-order valence-corrected chi connectivity index (χ2v) is 4.87. The van der Waals surface area contributed by atoms with Gasteiger partial charge in [0.25, 0.3) is 0 Å². The maximum atomic E-state index is 11.7. The van der Waals surface area contributed by atoms with Crippen LogP contribution in [0.1, 0.15) is 34.1 Å². The van der Waals surface area contributed by atoms with E-state index < -0.39 is 12.0 Å². The standard InChI is InChI=1S/C11H22N2O3/c1-6-8(10(15)16)13(5)9(14)7-12-11(2,3)4/h8,12H,6-7H2,1-5H3,(H,15,16). The molecule has 0 aliphatic carbocycles. The Morgan fingerprint density at radius 2 is 1.88 bits per heavy atom. The molecule has 0 spiro atoms. The van der Waals surface area contributed by atoms with Crippen LogP contribution < -0.4 is 5.32 Å². The molecule has 0 fully saturated rings. The summed E-state index contributed by atoms with van der Waals surface area (Å²) in [5, 5.41) is 11.9. The van der Waals surface area contributed by atoms with Crippen molar-refractivity contribution in [1.29, 1.82) is 0 Å². The van der Waals surface area contributed by atoms with Crippen molar-refractivity contribution >= 4 is 11.9 Å². The van der Waals surface area contributed by atoms with Crippen LogP contribution in [0.3, 0.4) is 0 Å². The molecule has 5 heteroatoms. The molecule has 0 aromatic heterocycles. The van der Waals surface area contributed by atoms with Crippen molar-refractivity contribution in [2.45, 2.75) is 45.7 Å². The Bertz CT molecular complexity index is 258. The molecule has 1 atom stereocenters. The second kappa shape index (κ2) is 5.84. The third kappa shape index (κ3) is 5.11. The van der Waals surface area contributed by atoms with E-state index >= 15 is 0 Å². The first-order chi connectivity index (χ1) is 7.19. The Labute approximate surface area is 96.8 Å². The van der Waals surface area contributed by atoms with E-state index in [-0.39, 0.29) is 18.0 Å². The number of carbonyl (C=O) groups is 2. The molecule has 0 aromatic rings. The number of likely N-dealkylation sites (N-methyl/N-ethyl adjacent to an activating group) is 1. The number of amides is 1. The quantitative estimate of drug-likeness (QED) is 0.729. The molecule has 2 N–H and O–H groups in total. The number of rotatable bonds is 5. The lowest BCUT2D eigenvalue weighted by atomic mass is 10.1. The van der Waals surface area contributed by atoms with Crippen LogP contribution in [0.2, 0.25) is 0 Å². The predicted molar refractivity (Wildman–Crippen MR) is 62.2 cm³/mol.